The number of rotatable bonds is 3. The average Bonchev–Trinajstić information content (AvgIpc) is 3.18. The number of carbonyl (C=O) groups is 1. The van der Waals surface area contributed by atoms with E-state index in [4.69, 9.17) is 4.74 Å². The van der Waals surface area contributed by atoms with Gasteiger partial charge in [0.25, 0.3) is 5.56 Å². The van der Waals surface area contributed by atoms with Crippen molar-refractivity contribution in [2.24, 2.45) is 11.8 Å². The van der Waals surface area contributed by atoms with Crippen molar-refractivity contribution >= 4 is 5.91 Å². The Bertz CT molecular complexity index is 594. The van der Waals surface area contributed by atoms with Gasteiger partial charge in [0.05, 0.1) is 12.2 Å². The van der Waals surface area contributed by atoms with Crippen molar-refractivity contribution in [3.05, 3.63) is 34.7 Å². The standard InChI is InChI=1S/C16H20N2O3/c19-15-3-1-2-7-17(15)8-6-16(20)18-9-11-12(10-18)14-5-4-13(11)21-14/h1-3,7,11-14H,4-6,8-10H2/t11-,12+,13+,14-. The summed E-state index contributed by atoms with van der Waals surface area (Å²) in [5.74, 6) is 1.26. The summed E-state index contributed by atoms with van der Waals surface area (Å²) in [5, 5.41) is 0. The normalized spacial score (nSPS) is 33.4. The van der Waals surface area contributed by atoms with Crippen molar-refractivity contribution < 1.29 is 9.53 Å². The molecule has 3 fully saturated rings. The minimum atomic E-state index is -0.0463. The molecule has 0 aromatic carbocycles. The first-order valence-corrected chi connectivity index (χ1v) is 7.81. The number of nitrogens with zero attached hydrogens (tertiary/aromatic N) is 2. The number of amides is 1. The van der Waals surface area contributed by atoms with Crippen LogP contribution in [-0.4, -0.2) is 40.7 Å². The summed E-state index contributed by atoms with van der Waals surface area (Å²) in [6.07, 6.45) is 5.23. The number of likely N-dealkylation sites (tertiary alicyclic amines) is 1. The molecule has 1 amide bonds. The van der Waals surface area contributed by atoms with E-state index in [1.807, 2.05) is 11.0 Å². The number of aryl methyl sites for hydroxylation is 1. The Balaban J connectivity index is 1.37. The molecule has 3 saturated heterocycles. The Labute approximate surface area is 123 Å². The van der Waals surface area contributed by atoms with Gasteiger partial charge in [0.2, 0.25) is 5.91 Å². The van der Waals surface area contributed by atoms with Crippen LogP contribution in [0.4, 0.5) is 0 Å². The Morgan fingerprint density at radius 1 is 1.19 bits per heavy atom. The van der Waals surface area contributed by atoms with Gasteiger partial charge in [0.15, 0.2) is 0 Å². The van der Waals surface area contributed by atoms with Gasteiger partial charge in [-0.1, -0.05) is 6.07 Å². The highest BCUT2D eigenvalue weighted by molar-refractivity contribution is 5.76. The Morgan fingerprint density at radius 3 is 2.57 bits per heavy atom. The second-order valence-corrected chi connectivity index (χ2v) is 6.40. The molecule has 3 aliphatic heterocycles. The molecule has 1 aromatic heterocycles. The van der Waals surface area contributed by atoms with Gasteiger partial charge in [0, 0.05) is 50.2 Å². The molecular weight excluding hydrogens is 268 g/mol. The molecule has 1 aromatic rings. The summed E-state index contributed by atoms with van der Waals surface area (Å²) < 4.78 is 7.53. The second-order valence-electron chi connectivity index (χ2n) is 6.40. The quantitative estimate of drug-likeness (QED) is 0.829. The van der Waals surface area contributed by atoms with Crippen LogP contribution in [0.2, 0.25) is 0 Å². The molecule has 112 valence electrons. The molecule has 4 atom stereocenters. The first-order valence-electron chi connectivity index (χ1n) is 7.81. The number of pyridine rings is 1. The fourth-order valence-corrected chi connectivity index (χ4v) is 4.18. The topological polar surface area (TPSA) is 51.5 Å². The van der Waals surface area contributed by atoms with Gasteiger partial charge in [-0.3, -0.25) is 9.59 Å². The number of fused-ring (bicyclic) bond motifs is 5. The van der Waals surface area contributed by atoms with Gasteiger partial charge >= 0.3 is 0 Å². The molecule has 2 bridgehead atoms. The largest absolute Gasteiger partial charge is 0.374 e. The van der Waals surface area contributed by atoms with E-state index in [-0.39, 0.29) is 11.5 Å². The van der Waals surface area contributed by atoms with E-state index in [1.165, 1.54) is 6.07 Å². The van der Waals surface area contributed by atoms with E-state index in [0.29, 0.717) is 37.0 Å². The van der Waals surface area contributed by atoms with Crippen LogP contribution in [0.1, 0.15) is 19.3 Å². The van der Waals surface area contributed by atoms with Crippen molar-refractivity contribution in [1.82, 2.24) is 9.47 Å². The van der Waals surface area contributed by atoms with E-state index in [1.54, 1.807) is 16.8 Å². The Morgan fingerprint density at radius 2 is 1.90 bits per heavy atom. The lowest BCUT2D eigenvalue weighted by Crippen LogP contribution is -2.32. The van der Waals surface area contributed by atoms with E-state index in [0.717, 1.165) is 25.9 Å². The lowest BCUT2D eigenvalue weighted by Gasteiger charge is -2.19. The van der Waals surface area contributed by atoms with Crippen LogP contribution in [0.25, 0.3) is 0 Å². The molecule has 4 rings (SSSR count). The SMILES string of the molecule is O=C(CCn1ccccc1=O)N1C[C@@H]2[C@H](C1)[C@H]1CC[C@@H]2O1. The number of aromatic nitrogens is 1. The van der Waals surface area contributed by atoms with E-state index < -0.39 is 0 Å². The van der Waals surface area contributed by atoms with E-state index in [9.17, 15) is 9.59 Å². The third-order valence-corrected chi connectivity index (χ3v) is 5.27. The average molecular weight is 288 g/mol. The maximum absolute atomic E-state index is 12.4. The van der Waals surface area contributed by atoms with Crippen LogP contribution in [0.3, 0.4) is 0 Å². The molecule has 5 nitrogen and oxygen atoms in total. The van der Waals surface area contributed by atoms with E-state index >= 15 is 0 Å². The molecular formula is C16H20N2O3. The predicted molar refractivity (Wildman–Crippen MR) is 76.8 cm³/mol. The van der Waals surface area contributed by atoms with Crippen molar-refractivity contribution in [3.63, 3.8) is 0 Å². The van der Waals surface area contributed by atoms with E-state index in [2.05, 4.69) is 0 Å². The molecule has 0 N–H and O–H groups in total. The zero-order valence-corrected chi connectivity index (χ0v) is 12.0. The molecule has 3 aliphatic rings. The minimum absolute atomic E-state index is 0.0463. The molecule has 4 heterocycles. The number of hydrogen-bond donors (Lipinski definition) is 0. The number of carbonyl (C=O) groups excluding carboxylic acids is 1. The summed E-state index contributed by atoms with van der Waals surface area (Å²) in [7, 11) is 0. The monoisotopic (exact) mass is 288 g/mol. The second kappa shape index (κ2) is 4.98. The van der Waals surface area contributed by atoms with Crippen LogP contribution < -0.4 is 5.56 Å². The summed E-state index contributed by atoms with van der Waals surface area (Å²) in [6.45, 7) is 2.15. The smallest absolute Gasteiger partial charge is 0.250 e. The minimum Gasteiger partial charge on any atom is -0.374 e. The van der Waals surface area contributed by atoms with Crippen LogP contribution in [0.15, 0.2) is 29.2 Å². The van der Waals surface area contributed by atoms with Gasteiger partial charge in [-0.25, -0.2) is 0 Å². The molecule has 21 heavy (non-hydrogen) atoms. The number of hydrogen-bond acceptors (Lipinski definition) is 3. The first kappa shape index (κ1) is 13.1. The zero-order valence-electron chi connectivity index (χ0n) is 12.0. The summed E-state index contributed by atoms with van der Waals surface area (Å²) in [4.78, 5) is 26.0. The molecule has 0 unspecified atom stereocenters. The Hall–Kier alpha value is -1.62. The zero-order chi connectivity index (χ0) is 14.4. The fraction of sp³-hybridized carbons (Fsp3) is 0.625. The lowest BCUT2D eigenvalue weighted by molar-refractivity contribution is -0.131. The first-order chi connectivity index (χ1) is 10.2. The van der Waals surface area contributed by atoms with Crippen molar-refractivity contribution in [3.8, 4) is 0 Å². The van der Waals surface area contributed by atoms with Crippen molar-refractivity contribution in [2.45, 2.75) is 38.0 Å². The fourth-order valence-electron chi connectivity index (χ4n) is 4.18. The van der Waals surface area contributed by atoms with Crippen LogP contribution in [0.5, 0.6) is 0 Å². The number of ether oxygens (including phenoxy) is 1. The summed E-state index contributed by atoms with van der Waals surface area (Å²) >= 11 is 0. The van der Waals surface area contributed by atoms with Crippen LogP contribution in [-0.2, 0) is 16.1 Å². The van der Waals surface area contributed by atoms with Crippen molar-refractivity contribution in [1.29, 1.82) is 0 Å². The van der Waals surface area contributed by atoms with Gasteiger partial charge in [0.1, 0.15) is 0 Å². The maximum Gasteiger partial charge on any atom is 0.250 e. The Kier molecular flexibility index (Phi) is 3.10. The summed E-state index contributed by atoms with van der Waals surface area (Å²) in [5.41, 5.74) is -0.0463. The lowest BCUT2D eigenvalue weighted by atomic mass is 9.82. The third kappa shape index (κ3) is 2.20. The van der Waals surface area contributed by atoms with Gasteiger partial charge < -0.3 is 14.2 Å². The van der Waals surface area contributed by atoms with Crippen molar-refractivity contribution in [2.75, 3.05) is 13.1 Å². The van der Waals surface area contributed by atoms with Crippen LogP contribution >= 0.6 is 0 Å². The van der Waals surface area contributed by atoms with Gasteiger partial charge in [-0.05, 0) is 18.9 Å². The van der Waals surface area contributed by atoms with Crippen LogP contribution in [0, 0.1) is 11.8 Å². The molecule has 0 spiro atoms. The van der Waals surface area contributed by atoms with Gasteiger partial charge in [-0.2, -0.15) is 0 Å². The molecule has 0 saturated carbocycles. The molecule has 0 aliphatic carbocycles. The molecule has 0 radical (unpaired) electrons. The predicted octanol–water partition coefficient (Wildman–Crippen LogP) is 0.874. The third-order valence-electron chi connectivity index (χ3n) is 5.27. The highest BCUT2D eigenvalue weighted by Crippen LogP contribution is 2.47. The highest BCUT2D eigenvalue weighted by atomic mass is 16.5. The molecule has 5 heteroatoms. The van der Waals surface area contributed by atoms with Gasteiger partial charge in [-0.15, -0.1) is 0 Å². The highest BCUT2D eigenvalue weighted by Gasteiger charge is 2.53. The maximum atomic E-state index is 12.4. The summed E-state index contributed by atoms with van der Waals surface area (Å²) in [6, 6.07) is 5.07.